The average Bonchev–Trinajstić information content (AvgIpc) is 3.81. The van der Waals surface area contributed by atoms with Crippen LogP contribution in [0.25, 0.3) is 99.5 Å². The summed E-state index contributed by atoms with van der Waals surface area (Å²) in [5, 5.41) is 4.76. The predicted molar refractivity (Wildman–Crippen MR) is 242 cm³/mol. The van der Waals surface area contributed by atoms with Gasteiger partial charge in [0, 0.05) is 32.9 Å². The van der Waals surface area contributed by atoms with Gasteiger partial charge >= 0.3 is 0 Å². The highest BCUT2D eigenvalue weighted by atomic mass is 32.2. The van der Waals surface area contributed by atoms with Crippen LogP contribution < -0.4 is 4.74 Å². The van der Waals surface area contributed by atoms with Gasteiger partial charge in [0.25, 0.3) is 0 Å². The Hall–Kier alpha value is -7.67. The number of para-hydroxylation sites is 5. The Kier molecular flexibility index (Phi) is 6.76. The molecule has 60 heavy (non-hydrogen) atoms. The molecule has 1 aliphatic heterocycles. The quantitative estimate of drug-likeness (QED) is 0.175. The highest BCUT2D eigenvalue weighted by Crippen LogP contribution is 2.53. The minimum atomic E-state index is -3.91. The van der Waals surface area contributed by atoms with Crippen molar-refractivity contribution in [3.8, 4) is 67.4 Å². The van der Waals surface area contributed by atoms with Gasteiger partial charge in [0.2, 0.25) is 9.84 Å². The van der Waals surface area contributed by atoms with Gasteiger partial charge in [-0.15, -0.1) is 0 Å². The van der Waals surface area contributed by atoms with Crippen LogP contribution in [0.1, 0.15) is 0 Å². The van der Waals surface area contributed by atoms with Gasteiger partial charge in [-0.3, -0.25) is 0 Å². The fraction of sp³-hybridized carbons (Fsp3) is 0. The van der Waals surface area contributed by atoms with Gasteiger partial charge in [-0.25, -0.2) is 8.42 Å². The molecule has 2 aromatic heterocycles. The molecule has 0 N–H and O–H groups in total. The molecule has 9 aromatic carbocycles. The zero-order valence-electron chi connectivity index (χ0n) is 32.0. The first-order valence-corrected chi connectivity index (χ1v) is 21.6. The third-order valence-electron chi connectivity index (χ3n) is 12.5. The third-order valence-corrected chi connectivity index (χ3v) is 14.3. The topological polar surface area (TPSA) is 53.2 Å². The largest absolute Gasteiger partial charge is 0.455 e. The highest BCUT2D eigenvalue weighted by molar-refractivity contribution is 7.91. The summed E-state index contributed by atoms with van der Waals surface area (Å²) < 4.78 is 40.1. The Balaban J connectivity index is 1.14. The van der Waals surface area contributed by atoms with E-state index in [1.807, 2.05) is 12.1 Å². The first-order valence-electron chi connectivity index (χ1n) is 20.1. The zero-order valence-corrected chi connectivity index (χ0v) is 32.8. The first-order chi connectivity index (χ1) is 29.5. The van der Waals surface area contributed by atoms with Crippen LogP contribution >= 0.6 is 0 Å². The smallest absolute Gasteiger partial charge is 0.213 e. The van der Waals surface area contributed by atoms with E-state index in [1.165, 1.54) is 21.5 Å². The first kappa shape index (κ1) is 33.3. The van der Waals surface area contributed by atoms with Gasteiger partial charge < -0.3 is 13.9 Å². The molecule has 0 spiro atoms. The second-order valence-electron chi connectivity index (χ2n) is 15.6. The Bertz CT molecular complexity index is 3670. The van der Waals surface area contributed by atoms with Crippen LogP contribution in [-0.4, -0.2) is 17.6 Å². The molecule has 0 radical (unpaired) electrons. The number of nitrogens with zero attached hydrogens (tertiary/aromatic N) is 2. The molecule has 0 atom stereocenters. The highest BCUT2D eigenvalue weighted by Gasteiger charge is 2.34. The van der Waals surface area contributed by atoms with Crippen LogP contribution in [0.3, 0.4) is 0 Å². The maximum absolute atomic E-state index is 14.5. The molecule has 0 unspecified atom stereocenters. The van der Waals surface area contributed by atoms with Crippen LogP contribution in [-0.2, 0) is 9.84 Å². The van der Waals surface area contributed by atoms with Crippen molar-refractivity contribution in [3.63, 3.8) is 0 Å². The van der Waals surface area contributed by atoms with Gasteiger partial charge in [-0.2, -0.15) is 0 Å². The second kappa shape index (κ2) is 12.2. The van der Waals surface area contributed by atoms with Crippen molar-refractivity contribution in [2.24, 2.45) is 0 Å². The molecule has 1 aliphatic carbocycles. The van der Waals surface area contributed by atoms with Crippen molar-refractivity contribution >= 4 is 53.4 Å². The summed E-state index contributed by atoms with van der Waals surface area (Å²) in [5.74, 6) is 0.654. The van der Waals surface area contributed by atoms with Gasteiger partial charge in [-0.05, 0) is 117 Å². The fourth-order valence-electron chi connectivity index (χ4n) is 9.90. The number of benzene rings is 9. The molecular weight excluding hydrogens is 757 g/mol. The maximum Gasteiger partial charge on any atom is 0.213 e. The number of hydrogen-bond donors (Lipinski definition) is 0. The molecule has 13 rings (SSSR count). The van der Waals surface area contributed by atoms with Crippen molar-refractivity contribution in [2.45, 2.75) is 9.79 Å². The van der Waals surface area contributed by atoms with Gasteiger partial charge in [0.05, 0.1) is 22.1 Å². The van der Waals surface area contributed by atoms with Gasteiger partial charge in [-0.1, -0.05) is 121 Å². The Morgan fingerprint density at radius 3 is 1.22 bits per heavy atom. The number of ether oxygens (including phenoxy) is 1. The van der Waals surface area contributed by atoms with Gasteiger partial charge in [0.1, 0.15) is 21.3 Å². The van der Waals surface area contributed by atoms with E-state index < -0.39 is 9.84 Å². The maximum atomic E-state index is 14.5. The van der Waals surface area contributed by atoms with Crippen LogP contribution in [0, 0.1) is 0 Å². The standard InChI is InChI=1S/C54H32N2O3S/c57-60(58)53-24-12-11-23-51(53)59-52-31-45-36-14-2-1-13-35(36)43-29-33(55-47-19-7-3-15-39(47)40-16-4-8-20-48(40)55)25-27-37(43)38-28-26-34(30-44(38)46(45)32-54(52)60)56-49-21-9-5-17-41(49)42-18-6-10-22-50(42)56/h1-32H. The van der Waals surface area contributed by atoms with Crippen molar-refractivity contribution < 1.29 is 13.2 Å². The van der Waals surface area contributed by atoms with E-state index in [0.29, 0.717) is 11.5 Å². The van der Waals surface area contributed by atoms with Crippen LogP contribution in [0.4, 0.5) is 0 Å². The molecule has 0 bridgehead atoms. The van der Waals surface area contributed by atoms with Crippen LogP contribution in [0.15, 0.2) is 204 Å². The minimum Gasteiger partial charge on any atom is -0.455 e. The summed E-state index contributed by atoms with van der Waals surface area (Å²) in [4.78, 5) is 0.332. The lowest BCUT2D eigenvalue weighted by Crippen LogP contribution is -2.12. The summed E-state index contributed by atoms with van der Waals surface area (Å²) >= 11 is 0. The molecule has 2 aliphatic rings. The van der Waals surface area contributed by atoms with Crippen LogP contribution in [0.5, 0.6) is 11.5 Å². The van der Waals surface area contributed by atoms with E-state index in [0.717, 1.165) is 77.9 Å². The molecule has 5 nitrogen and oxygen atoms in total. The van der Waals surface area contributed by atoms with Crippen molar-refractivity contribution in [3.05, 3.63) is 194 Å². The van der Waals surface area contributed by atoms with Gasteiger partial charge in [0.15, 0.2) is 0 Å². The van der Waals surface area contributed by atoms with E-state index in [4.69, 9.17) is 4.74 Å². The molecule has 0 amide bonds. The average molecular weight is 789 g/mol. The van der Waals surface area contributed by atoms with E-state index >= 15 is 0 Å². The SMILES string of the molecule is O=S1(=O)c2ccccc2Oc2cc3c(cc21)-c1cc(-n2c4ccccc4c4ccccc42)ccc1-c1ccc(-n2c4ccccc4c4ccccc42)cc1-c1ccccc1-3. The minimum absolute atomic E-state index is 0.160. The predicted octanol–water partition coefficient (Wildman–Crippen LogP) is 13.8. The fourth-order valence-corrected chi connectivity index (χ4v) is 11.4. The van der Waals surface area contributed by atoms with Crippen molar-refractivity contribution in [1.82, 2.24) is 9.13 Å². The zero-order chi connectivity index (χ0) is 39.7. The molecule has 0 saturated carbocycles. The number of rotatable bonds is 2. The van der Waals surface area contributed by atoms with Crippen molar-refractivity contribution in [2.75, 3.05) is 0 Å². The third kappa shape index (κ3) is 4.54. The Morgan fingerprint density at radius 2 is 0.700 bits per heavy atom. The van der Waals surface area contributed by atoms with Crippen molar-refractivity contribution in [1.29, 1.82) is 0 Å². The number of hydrogen-bond acceptors (Lipinski definition) is 3. The lowest BCUT2D eigenvalue weighted by molar-refractivity contribution is 0.443. The van der Waals surface area contributed by atoms with Crippen LogP contribution in [0.2, 0.25) is 0 Å². The van der Waals surface area contributed by atoms with E-state index in [-0.39, 0.29) is 9.79 Å². The van der Waals surface area contributed by atoms with E-state index in [9.17, 15) is 8.42 Å². The lowest BCUT2D eigenvalue weighted by Gasteiger charge is -2.27. The number of aromatic nitrogens is 2. The Labute approximate surface area is 345 Å². The lowest BCUT2D eigenvalue weighted by atomic mass is 9.80. The molecular formula is C54H32N2O3S. The summed E-state index contributed by atoms with van der Waals surface area (Å²) in [6, 6.07) is 66.8. The molecule has 0 saturated heterocycles. The van der Waals surface area contributed by atoms with E-state index in [2.05, 4.69) is 167 Å². The summed E-state index contributed by atoms with van der Waals surface area (Å²) in [7, 11) is -3.91. The summed E-state index contributed by atoms with van der Waals surface area (Å²) in [6.45, 7) is 0. The molecule has 6 heteroatoms. The summed E-state index contributed by atoms with van der Waals surface area (Å²) in [6.07, 6.45) is 0. The number of fused-ring (bicyclic) bond motifs is 16. The molecule has 0 fully saturated rings. The normalized spacial score (nSPS) is 13.4. The molecule has 11 aromatic rings. The second-order valence-corrected chi connectivity index (χ2v) is 17.5. The summed E-state index contributed by atoms with van der Waals surface area (Å²) in [5.41, 5.74) is 14.4. The monoisotopic (exact) mass is 788 g/mol. The Morgan fingerprint density at radius 1 is 0.317 bits per heavy atom. The number of sulfone groups is 1. The molecule has 282 valence electrons. The molecule has 3 heterocycles. The van der Waals surface area contributed by atoms with E-state index in [1.54, 1.807) is 24.3 Å².